The first-order valence-electron chi connectivity index (χ1n) is 6.58. The zero-order valence-corrected chi connectivity index (χ0v) is 11.2. The molecule has 0 radical (unpaired) electrons. The topological polar surface area (TPSA) is 91.7 Å². The van der Waals surface area contributed by atoms with Crippen LogP contribution in [0.5, 0.6) is 0 Å². The third kappa shape index (κ3) is 2.56. The number of aromatic nitrogens is 4. The lowest BCUT2D eigenvalue weighted by molar-refractivity contribution is 0.518. The van der Waals surface area contributed by atoms with Gasteiger partial charge in [0.15, 0.2) is 11.5 Å². The van der Waals surface area contributed by atoms with Gasteiger partial charge in [-0.05, 0) is 18.6 Å². The van der Waals surface area contributed by atoms with Gasteiger partial charge in [0.05, 0.1) is 19.1 Å². The van der Waals surface area contributed by atoms with Crippen molar-refractivity contribution in [1.82, 2.24) is 19.9 Å². The van der Waals surface area contributed by atoms with Crippen molar-refractivity contribution in [2.24, 2.45) is 0 Å². The van der Waals surface area contributed by atoms with Crippen LogP contribution in [0.3, 0.4) is 0 Å². The van der Waals surface area contributed by atoms with Crippen LogP contribution in [0, 0.1) is 0 Å². The van der Waals surface area contributed by atoms with Gasteiger partial charge in [-0.25, -0.2) is 4.98 Å². The summed E-state index contributed by atoms with van der Waals surface area (Å²) in [7, 11) is 0. The number of nitrogens with zero attached hydrogens (tertiary/aromatic N) is 3. The molecule has 0 aliphatic heterocycles. The van der Waals surface area contributed by atoms with E-state index < -0.39 is 0 Å². The molecule has 0 aliphatic rings. The summed E-state index contributed by atoms with van der Waals surface area (Å²) in [4.78, 5) is 16.0. The molecule has 0 aliphatic carbocycles. The van der Waals surface area contributed by atoms with Crippen molar-refractivity contribution in [3.8, 4) is 0 Å². The van der Waals surface area contributed by atoms with Crippen LogP contribution in [0.2, 0.25) is 0 Å². The minimum Gasteiger partial charge on any atom is -0.467 e. The fourth-order valence-corrected chi connectivity index (χ4v) is 1.86. The highest BCUT2D eigenvalue weighted by molar-refractivity contribution is 5.83. The molecule has 3 heterocycles. The van der Waals surface area contributed by atoms with Gasteiger partial charge in [-0.1, -0.05) is 6.92 Å². The monoisotopic (exact) mass is 272 g/mol. The molecular weight excluding hydrogens is 256 g/mol. The summed E-state index contributed by atoms with van der Waals surface area (Å²) >= 11 is 0. The van der Waals surface area contributed by atoms with E-state index in [2.05, 4.69) is 37.5 Å². The molecular formula is C13H16N6O. The largest absolute Gasteiger partial charge is 0.467 e. The maximum absolute atomic E-state index is 5.30. The molecule has 0 saturated carbocycles. The van der Waals surface area contributed by atoms with E-state index in [9.17, 15) is 0 Å². The summed E-state index contributed by atoms with van der Waals surface area (Å²) in [5.41, 5.74) is 1.43. The number of anilines is 2. The smallest absolute Gasteiger partial charge is 0.226 e. The number of H-pyrrole nitrogens is 1. The highest BCUT2D eigenvalue weighted by atomic mass is 16.3. The van der Waals surface area contributed by atoms with Gasteiger partial charge in [-0.3, -0.25) is 0 Å². The van der Waals surface area contributed by atoms with Crippen LogP contribution in [0.4, 0.5) is 11.8 Å². The molecule has 7 nitrogen and oxygen atoms in total. The number of hydrogen-bond donors (Lipinski definition) is 3. The molecule has 3 N–H and O–H groups in total. The number of furan rings is 1. The van der Waals surface area contributed by atoms with Gasteiger partial charge in [-0.15, -0.1) is 0 Å². The Morgan fingerprint density at radius 1 is 1.30 bits per heavy atom. The molecule has 0 spiro atoms. The highest BCUT2D eigenvalue weighted by Crippen LogP contribution is 2.19. The SMILES string of the molecule is CCCNc1nc(NCc2ccco2)c2[nH]cnc2n1. The van der Waals surface area contributed by atoms with Crippen molar-refractivity contribution in [1.29, 1.82) is 0 Å². The van der Waals surface area contributed by atoms with E-state index >= 15 is 0 Å². The fourth-order valence-electron chi connectivity index (χ4n) is 1.86. The third-order valence-corrected chi connectivity index (χ3v) is 2.83. The zero-order valence-electron chi connectivity index (χ0n) is 11.2. The van der Waals surface area contributed by atoms with Crippen LogP contribution in [0.25, 0.3) is 11.2 Å². The maximum Gasteiger partial charge on any atom is 0.226 e. The van der Waals surface area contributed by atoms with Crippen LogP contribution in [0.1, 0.15) is 19.1 Å². The Bertz CT molecular complexity index is 675. The average Bonchev–Trinajstić information content (AvgIpc) is 3.13. The number of hydrogen-bond acceptors (Lipinski definition) is 6. The zero-order chi connectivity index (χ0) is 13.8. The molecule has 3 aromatic heterocycles. The molecule has 0 bridgehead atoms. The second kappa shape index (κ2) is 5.60. The van der Waals surface area contributed by atoms with E-state index in [0.29, 0.717) is 24.0 Å². The molecule has 0 saturated heterocycles. The molecule has 0 fully saturated rings. The number of rotatable bonds is 6. The van der Waals surface area contributed by atoms with Gasteiger partial charge < -0.3 is 20.0 Å². The van der Waals surface area contributed by atoms with E-state index in [-0.39, 0.29) is 0 Å². The molecule has 0 atom stereocenters. The van der Waals surface area contributed by atoms with Crippen molar-refractivity contribution in [2.45, 2.75) is 19.9 Å². The lowest BCUT2D eigenvalue weighted by Gasteiger charge is -2.08. The second-order valence-corrected chi connectivity index (χ2v) is 4.36. The van der Waals surface area contributed by atoms with Gasteiger partial charge in [0, 0.05) is 6.54 Å². The van der Waals surface area contributed by atoms with Crippen LogP contribution < -0.4 is 10.6 Å². The summed E-state index contributed by atoms with van der Waals surface area (Å²) in [6.45, 7) is 3.48. The standard InChI is InChI=1S/C13H16N6O/c1-2-5-14-13-18-11(10-12(19-13)17-8-16-10)15-7-9-4-3-6-20-9/h3-4,6,8H,2,5,7H2,1H3,(H3,14,15,16,17,18,19). The lowest BCUT2D eigenvalue weighted by Crippen LogP contribution is -2.08. The summed E-state index contributed by atoms with van der Waals surface area (Å²) in [5.74, 6) is 2.13. The van der Waals surface area contributed by atoms with Gasteiger partial charge in [0.2, 0.25) is 5.95 Å². The van der Waals surface area contributed by atoms with E-state index in [1.54, 1.807) is 12.6 Å². The minimum atomic E-state index is 0.561. The predicted molar refractivity (Wildman–Crippen MR) is 76.5 cm³/mol. The van der Waals surface area contributed by atoms with E-state index in [0.717, 1.165) is 24.2 Å². The fraction of sp³-hybridized carbons (Fsp3) is 0.308. The number of fused-ring (bicyclic) bond motifs is 1. The van der Waals surface area contributed by atoms with Gasteiger partial charge in [-0.2, -0.15) is 9.97 Å². The van der Waals surface area contributed by atoms with E-state index in [4.69, 9.17) is 4.42 Å². The van der Waals surface area contributed by atoms with Crippen LogP contribution in [-0.4, -0.2) is 26.5 Å². The lowest BCUT2D eigenvalue weighted by atomic mass is 10.4. The van der Waals surface area contributed by atoms with Gasteiger partial charge >= 0.3 is 0 Å². The molecule has 0 amide bonds. The van der Waals surface area contributed by atoms with Crippen molar-refractivity contribution in [2.75, 3.05) is 17.2 Å². The van der Waals surface area contributed by atoms with Crippen molar-refractivity contribution in [3.63, 3.8) is 0 Å². The third-order valence-electron chi connectivity index (χ3n) is 2.83. The first kappa shape index (κ1) is 12.5. The Morgan fingerprint density at radius 2 is 2.25 bits per heavy atom. The Labute approximate surface area is 115 Å². The molecule has 3 rings (SSSR count). The summed E-state index contributed by atoms with van der Waals surface area (Å²) in [6.07, 6.45) is 4.27. The van der Waals surface area contributed by atoms with Crippen molar-refractivity contribution in [3.05, 3.63) is 30.5 Å². The van der Waals surface area contributed by atoms with E-state index in [1.165, 1.54) is 0 Å². The van der Waals surface area contributed by atoms with Crippen LogP contribution >= 0.6 is 0 Å². The predicted octanol–water partition coefficient (Wildman–Crippen LogP) is 2.38. The molecule has 7 heteroatoms. The number of nitrogens with one attached hydrogen (secondary N) is 3. The quantitative estimate of drug-likeness (QED) is 0.638. The van der Waals surface area contributed by atoms with Crippen LogP contribution in [0.15, 0.2) is 29.1 Å². The Morgan fingerprint density at radius 3 is 3.05 bits per heavy atom. The molecule has 0 aromatic carbocycles. The van der Waals surface area contributed by atoms with Crippen molar-refractivity contribution >= 4 is 22.9 Å². The number of imidazole rings is 1. The van der Waals surface area contributed by atoms with Crippen LogP contribution in [-0.2, 0) is 6.54 Å². The van der Waals surface area contributed by atoms with Gasteiger partial charge in [0.25, 0.3) is 0 Å². The number of aromatic amines is 1. The molecule has 104 valence electrons. The first-order chi connectivity index (χ1) is 9.86. The minimum absolute atomic E-state index is 0.561. The van der Waals surface area contributed by atoms with Crippen molar-refractivity contribution < 1.29 is 4.42 Å². The Hall–Kier alpha value is -2.57. The maximum atomic E-state index is 5.30. The Balaban J connectivity index is 1.85. The first-order valence-corrected chi connectivity index (χ1v) is 6.58. The Kier molecular flexibility index (Phi) is 3.49. The van der Waals surface area contributed by atoms with Gasteiger partial charge in [0.1, 0.15) is 11.3 Å². The highest BCUT2D eigenvalue weighted by Gasteiger charge is 2.09. The summed E-state index contributed by atoms with van der Waals surface area (Å²) < 4.78 is 5.30. The summed E-state index contributed by atoms with van der Waals surface area (Å²) in [5, 5.41) is 6.41. The average molecular weight is 272 g/mol. The second-order valence-electron chi connectivity index (χ2n) is 4.36. The molecule has 20 heavy (non-hydrogen) atoms. The van der Waals surface area contributed by atoms with E-state index in [1.807, 2.05) is 12.1 Å². The molecule has 0 unspecified atom stereocenters. The normalized spacial score (nSPS) is 10.8. The summed E-state index contributed by atoms with van der Waals surface area (Å²) in [6, 6.07) is 3.77. The molecule has 3 aromatic rings.